The molecule has 0 aliphatic rings. The number of carbonyl (C=O) groups excluding carboxylic acids is 2. The van der Waals surface area contributed by atoms with Gasteiger partial charge in [0.2, 0.25) is 5.91 Å². The van der Waals surface area contributed by atoms with Crippen molar-refractivity contribution in [2.45, 2.75) is 18.7 Å². The minimum absolute atomic E-state index is 0.125. The predicted molar refractivity (Wildman–Crippen MR) is 130 cm³/mol. The van der Waals surface area contributed by atoms with Gasteiger partial charge in [-0.05, 0) is 42.8 Å². The second-order valence-corrected chi connectivity index (χ2v) is 9.39. The van der Waals surface area contributed by atoms with E-state index in [0.717, 1.165) is 6.92 Å². The summed E-state index contributed by atoms with van der Waals surface area (Å²) in [7, 11) is -2.75. The Hall–Kier alpha value is -4.31. The number of amides is 1. The molecule has 0 aliphatic carbocycles. The van der Waals surface area contributed by atoms with Crippen molar-refractivity contribution < 1.29 is 22.7 Å². The fourth-order valence-corrected chi connectivity index (χ4v) is 4.87. The smallest absolute Gasteiger partial charge is 0.340 e. The van der Waals surface area contributed by atoms with Crippen molar-refractivity contribution in [1.29, 1.82) is 0 Å². The number of methoxy groups -OCH3 is 1. The summed E-state index contributed by atoms with van der Waals surface area (Å²) in [6.45, 7) is 2.78. The number of aryl methyl sites for hydroxylation is 1. The summed E-state index contributed by atoms with van der Waals surface area (Å²) in [5.74, 6) is -1.32. The van der Waals surface area contributed by atoms with Crippen LogP contribution in [0.5, 0.6) is 0 Å². The number of pyridine rings is 2. The summed E-state index contributed by atoms with van der Waals surface area (Å²) in [4.78, 5) is 41.9. The van der Waals surface area contributed by atoms with E-state index in [0.29, 0.717) is 28.0 Å². The monoisotopic (exact) mass is 491 g/mol. The second kappa shape index (κ2) is 9.15. The number of hydrogen-bond acceptors (Lipinski definition) is 7. The lowest BCUT2D eigenvalue weighted by atomic mass is 9.95. The third-order valence-electron chi connectivity index (χ3n) is 5.38. The highest BCUT2D eigenvalue weighted by atomic mass is 32.2. The van der Waals surface area contributed by atoms with Crippen molar-refractivity contribution in [2.75, 3.05) is 7.11 Å². The lowest BCUT2D eigenvalue weighted by molar-refractivity contribution is -0.117. The van der Waals surface area contributed by atoms with E-state index in [-0.39, 0.29) is 15.8 Å². The van der Waals surface area contributed by atoms with Gasteiger partial charge in [-0.3, -0.25) is 19.1 Å². The van der Waals surface area contributed by atoms with Crippen LogP contribution in [0.3, 0.4) is 0 Å². The molecule has 2 heterocycles. The van der Waals surface area contributed by atoms with Gasteiger partial charge in [0.15, 0.2) is 0 Å². The van der Waals surface area contributed by atoms with Gasteiger partial charge in [0, 0.05) is 24.4 Å². The van der Waals surface area contributed by atoms with Crippen molar-refractivity contribution in [1.82, 2.24) is 14.3 Å². The summed E-state index contributed by atoms with van der Waals surface area (Å²) >= 11 is 0. The van der Waals surface area contributed by atoms with Crippen LogP contribution in [0.2, 0.25) is 0 Å². The van der Waals surface area contributed by atoms with Crippen LogP contribution in [0, 0.1) is 6.92 Å². The van der Waals surface area contributed by atoms with Crippen molar-refractivity contribution in [3.05, 3.63) is 88.5 Å². The molecule has 0 radical (unpaired) electrons. The molecule has 2 aromatic heterocycles. The average Bonchev–Trinajstić information content (AvgIpc) is 2.83. The molecule has 0 unspecified atom stereocenters. The van der Waals surface area contributed by atoms with E-state index in [1.54, 1.807) is 37.3 Å². The van der Waals surface area contributed by atoms with Crippen LogP contribution in [0.1, 0.15) is 23.0 Å². The van der Waals surface area contributed by atoms with E-state index in [9.17, 15) is 22.8 Å². The largest absolute Gasteiger partial charge is 0.465 e. The molecule has 0 bridgehead atoms. The number of nitrogens with zero attached hydrogens (tertiary/aromatic N) is 2. The number of hydrogen-bond donors (Lipinski definition) is 1. The number of esters is 1. The third kappa shape index (κ3) is 4.43. The maximum absolute atomic E-state index is 13.7. The Kier molecular flexibility index (Phi) is 6.23. The van der Waals surface area contributed by atoms with Crippen molar-refractivity contribution in [3.63, 3.8) is 0 Å². The highest BCUT2D eigenvalue weighted by molar-refractivity contribution is 7.90. The van der Waals surface area contributed by atoms with Gasteiger partial charge < -0.3 is 4.74 Å². The molecule has 4 rings (SSSR count). The summed E-state index contributed by atoms with van der Waals surface area (Å²) in [5, 5.41) is 0.222. The molecule has 0 saturated carbocycles. The molecule has 1 N–H and O–H groups in total. The summed E-state index contributed by atoms with van der Waals surface area (Å²) < 4.78 is 32.7. The van der Waals surface area contributed by atoms with Gasteiger partial charge in [0.1, 0.15) is 0 Å². The molecule has 0 spiro atoms. The van der Waals surface area contributed by atoms with Gasteiger partial charge in [-0.2, -0.15) is 0 Å². The minimum Gasteiger partial charge on any atom is -0.465 e. The van der Waals surface area contributed by atoms with Crippen LogP contribution in [0.4, 0.5) is 0 Å². The van der Waals surface area contributed by atoms with E-state index in [2.05, 4.69) is 4.98 Å². The molecule has 2 aromatic carbocycles. The zero-order chi connectivity index (χ0) is 25.3. The van der Waals surface area contributed by atoms with Crippen molar-refractivity contribution >= 4 is 32.8 Å². The standard InChI is InChI=1S/C25H21N3O6S/c1-15-21(25(31)34-3)22(17-7-5-4-6-8-17)23-20(26-15)13-14-28(24(23)30)18-9-11-19(12-10-18)35(32,33)27-16(2)29/h4-14H,1-3H3,(H,27,29). The molecule has 0 saturated heterocycles. The third-order valence-corrected chi connectivity index (χ3v) is 6.82. The maximum Gasteiger partial charge on any atom is 0.340 e. The summed E-state index contributed by atoms with van der Waals surface area (Å²) in [6.07, 6.45) is 1.53. The highest BCUT2D eigenvalue weighted by Crippen LogP contribution is 2.32. The van der Waals surface area contributed by atoms with E-state index in [1.807, 2.05) is 10.8 Å². The highest BCUT2D eigenvalue weighted by Gasteiger charge is 2.23. The molecule has 10 heteroatoms. The zero-order valence-corrected chi connectivity index (χ0v) is 19.9. The summed E-state index contributed by atoms with van der Waals surface area (Å²) in [5.41, 5.74) is 2.01. The molecule has 0 fully saturated rings. The van der Waals surface area contributed by atoms with Crippen LogP contribution >= 0.6 is 0 Å². The van der Waals surface area contributed by atoms with Gasteiger partial charge in [0.05, 0.1) is 34.2 Å². The van der Waals surface area contributed by atoms with Gasteiger partial charge in [-0.1, -0.05) is 30.3 Å². The Labute approximate surface area is 201 Å². The first-order chi connectivity index (χ1) is 16.6. The van der Waals surface area contributed by atoms with Crippen LogP contribution in [0.25, 0.3) is 27.7 Å². The zero-order valence-electron chi connectivity index (χ0n) is 19.1. The van der Waals surface area contributed by atoms with E-state index in [4.69, 9.17) is 4.74 Å². The van der Waals surface area contributed by atoms with Crippen molar-refractivity contribution in [2.24, 2.45) is 0 Å². The number of carbonyl (C=O) groups is 2. The van der Waals surface area contributed by atoms with Gasteiger partial charge >= 0.3 is 5.97 Å². The Balaban J connectivity index is 1.97. The number of ether oxygens (including phenoxy) is 1. The number of rotatable bonds is 5. The number of fused-ring (bicyclic) bond motifs is 1. The number of aromatic nitrogens is 2. The fourth-order valence-electron chi connectivity index (χ4n) is 3.88. The van der Waals surface area contributed by atoms with Gasteiger partial charge in [-0.15, -0.1) is 0 Å². The minimum atomic E-state index is -4.02. The first kappa shape index (κ1) is 23.8. The first-order valence-electron chi connectivity index (χ1n) is 10.5. The van der Waals surface area contributed by atoms with Gasteiger partial charge in [-0.25, -0.2) is 17.9 Å². The molecule has 178 valence electrons. The Morgan fingerprint density at radius 1 is 1.00 bits per heavy atom. The number of benzene rings is 2. The Morgan fingerprint density at radius 3 is 2.26 bits per heavy atom. The van der Waals surface area contributed by atoms with Crippen LogP contribution in [-0.2, 0) is 19.6 Å². The second-order valence-electron chi connectivity index (χ2n) is 7.71. The molecule has 9 nitrogen and oxygen atoms in total. The Morgan fingerprint density at radius 2 is 1.66 bits per heavy atom. The summed E-state index contributed by atoms with van der Waals surface area (Å²) in [6, 6.07) is 16.1. The molecule has 4 aromatic rings. The first-order valence-corrected chi connectivity index (χ1v) is 12.0. The average molecular weight is 492 g/mol. The van der Waals surface area contributed by atoms with E-state index >= 15 is 0 Å². The lowest BCUT2D eigenvalue weighted by Gasteiger charge is -2.15. The van der Waals surface area contributed by atoms with Crippen LogP contribution in [-0.4, -0.2) is 37.0 Å². The molecule has 35 heavy (non-hydrogen) atoms. The molecular weight excluding hydrogens is 470 g/mol. The van der Waals surface area contributed by atoms with E-state index in [1.165, 1.54) is 42.1 Å². The molecule has 0 atom stereocenters. The molecule has 1 amide bonds. The predicted octanol–water partition coefficient (Wildman–Crippen LogP) is 2.97. The molecular formula is C25H21N3O6S. The van der Waals surface area contributed by atoms with Crippen LogP contribution < -0.4 is 10.3 Å². The normalized spacial score (nSPS) is 11.3. The van der Waals surface area contributed by atoms with Gasteiger partial charge in [0.25, 0.3) is 15.6 Å². The van der Waals surface area contributed by atoms with Crippen LogP contribution in [0.15, 0.2) is 76.6 Å². The number of nitrogens with one attached hydrogen (secondary N) is 1. The molecule has 0 aliphatic heterocycles. The number of sulfonamides is 1. The SMILES string of the molecule is COC(=O)c1c(C)nc2ccn(-c3ccc(S(=O)(=O)NC(C)=O)cc3)c(=O)c2c1-c1ccccc1. The maximum atomic E-state index is 13.7. The quantitative estimate of drug-likeness (QED) is 0.426. The lowest BCUT2D eigenvalue weighted by Crippen LogP contribution is -2.28. The van der Waals surface area contributed by atoms with Crippen molar-refractivity contribution in [3.8, 4) is 16.8 Å². The topological polar surface area (TPSA) is 124 Å². The fraction of sp³-hybridized carbons (Fsp3) is 0.120. The Bertz CT molecular complexity index is 1630. The van der Waals surface area contributed by atoms with E-state index < -0.39 is 27.5 Å².